The monoisotopic (exact) mass is 334 g/mol. The van der Waals surface area contributed by atoms with Crippen molar-refractivity contribution in [1.82, 2.24) is 19.7 Å². The molecule has 3 rings (SSSR count). The standard InChI is InChI=1S/C12H7BrN4OS/c13-10-7-19-6-9(10)11-8(5-18)4-17(16-11)12-14-2-1-3-15-12/h1-7H. The Morgan fingerprint density at radius 2 is 2.05 bits per heavy atom. The van der Waals surface area contributed by atoms with Gasteiger partial charge in [-0.3, -0.25) is 4.79 Å². The summed E-state index contributed by atoms with van der Waals surface area (Å²) >= 11 is 4.99. The molecule has 0 aliphatic rings. The van der Waals surface area contributed by atoms with E-state index in [-0.39, 0.29) is 0 Å². The van der Waals surface area contributed by atoms with Gasteiger partial charge in [-0.25, -0.2) is 14.6 Å². The zero-order valence-electron chi connectivity index (χ0n) is 9.52. The normalized spacial score (nSPS) is 10.6. The van der Waals surface area contributed by atoms with E-state index in [1.807, 2.05) is 10.8 Å². The van der Waals surface area contributed by atoms with Gasteiger partial charge in [0.15, 0.2) is 6.29 Å². The first-order valence-corrected chi connectivity index (χ1v) is 7.07. The van der Waals surface area contributed by atoms with Gasteiger partial charge in [0.05, 0.1) is 5.56 Å². The number of nitrogens with zero attached hydrogens (tertiary/aromatic N) is 4. The molecule has 0 atom stereocenters. The molecule has 19 heavy (non-hydrogen) atoms. The lowest BCUT2D eigenvalue weighted by Gasteiger charge is -1.97. The highest BCUT2D eigenvalue weighted by atomic mass is 79.9. The minimum atomic E-state index is 0.434. The molecule has 0 aromatic carbocycles. The highest BCUT2D eigenvalue weighted by molar-refractivity contribution is 9.10. The maximum Gasteiger partial charge on any atom is 0.250 e. The van der Waals surface area contributed by atoms with E-state index in [1.54, 1.807) is 36.0 Å². The van der Waals surface area contributed by atoms with E-state index in [4.69, 9.17) is 0 Å². The molecule has 0 aliphatic carbocycles. The summed E-state index contributed by atoms with van der Waals surface area (Å²) in [5.74, 6) is 0.434. The van der Waals surface area contributed by atoms with Crippen LogP contribution in [0.15, 0.2) is 39.9 Å². The molecular formula is C12H7BrN4OS. The number of hydrogen-bond donors (Lipinski definition) is 0. The second-order valence-electron chi connectivity index (χ2n) is 3.68. The summed E-state index contributed by atoms with van der Waals surface area (Å²) in [5, 5.41) is 8.28. The number of carbonyl (C=O) groups excluding carboxylic acids is 1. The number of hydrogen-bond acceptors (Lipinski definition) is 5. The van der Waals surface area contributed by atoms with E-state index in [0.717, 1.165) is 16.3 Å². The Hall–Kier alpha value is -1.86. The summed E-state index contributed by atoms with van der Waals surface area (Å²) in [5.41, 5.74) is 2.02. The molecule has 94 valence electrons. The van der Waals surface area contributed by atoms with E-state index in [9.17, 15) is 4.79 Å². The molecule has 3 aromatic heterocycles. The molecule has 7 heteroatoms. The largest absolute Gasteiger partial charge is 0.298 e. The smallest absolute Gasteiger partial charge is 0.250 e. The van der Waals surface area contributed by atoms with Crippen LogP contribution in [-0.4, -0.2) is 26.0 Å². The average molecular weight is 335 g/mol. The highest BCUT2D eigenvalue weighted by Gasteiger charge is 2.15. The molecule has 0 N–H and O–H groups in total. The van der Waals surface area contributed by atoms with Crippen molar-refractivity contribution in [2.24, 2.45) is 0 Å². The first kappa shape index (κ1) is 12.2. The van der Waals surface area contributed by atoms with Crippen LogP contribution in [-0.2, 0) is 0 Å². The number of aldehydes is 1. The van der Waals surface area contributed by atoms with Gasteiger partial charge in [0.1, 0.15) is 5.69 Å². The maximum absolute atomic E-state index is 11.2. The molecule has 0 saturated carbocycles. The molecule has 0 unspecified atom stereocenters. The third kappa shape index (κ3) is 2.22. The summed E-state index contributed by atoms with van der Waals surface area (Å²) in [6, 6.07) is 1.73. The average Bonchev–Trinajstić information content (AvgIpc) is 3.05. The van der Waals surface area contributed by atoms with Crippen molar-refractivity contribution in [3.05, 3.63) is 45.5 Å². The van der Waals surface area contributed by atoms with E-state index in [2.05, 4.69) is 31.0 Å². The van der Waals surface area contributed by atoms with Gasteiger partial charge in [-0.15, -0.1) is 0 Å². The highest BCUT2D eigenvalue weighted by Crippen LogP contribution is 2.32. The van der Waals surface area contributed by atoms with Crippen LogP contribution < -0.4 is 0 Å². The predicted molar refractivity (Wildman–Crippen MR) is 75.6 cm³/mol. The summed E-state index contributed by atoms with van der Waals surface area (Å²) in [7, 11) is 0. The van der Waals surface area contributed by atoms with Gasteiger partial charge in [0.2, 0.25) is 5.95 Å². The van der Waals surface area contributed by atoms with Crippen LogP contribution >= 0.6 is 27.3 Å². The molecule has 3 aromatic rings. The minimum Gasteiger partial charge on any atom is -0.298 e. The van der Waals surface area contributed by atoms with Gasteiger partial charge in [-0.1, -0.05) is 0 Å². The zero-order valence-corrected chi connectivity index (χ0v) is 11.9. The second kappa shape index (κ2) is 5.02. The summed E-state index contributed by atoms with van der Waals surface area (Å²) < 4.78 is 2.42. The third-order valence-corrected chi connectivity index (χ3v) is 4.20. The molecule has 3 heterocycles. The SMILES string of the molecule is O=Cc1cn(-c2ncccn2)nc1-c1cscc1Br. The number of thiophene rings is 1. The van der Waals surface area contributed by atoms with Crippen LogP contribution in [0.4, 0.5) is 0 Å². The Morgan fingerprint density at radius 1 is 1.26 bits per heavy atom. The van der Waals surface area contributed by atoms with Gasteiger partial charge < -0.3 is 0 Å². The molecule has 0 aliphatic heterocycles. The third-order valence-electron chi connectivity index (χ3n) is 2.50. The topological polar surface area (TPSA) is 60.7 Å². The molecule has 5 nitrogen and oxygen atoms in total. The first-order chi connectivity index (χ1) is 9.29. The lowest BCUT2D eigenvalue weighted by atomic mass is 10.2. The fourth-order valence-corrected chi connectivity index (χ4v) is 3.11. The molecular weight excluding hydrogens is 328 g/mol. The Labute approximate surface area is 121 Å². The molecule has 0 bridgehead atoms. The van der Waals surface area contributed by atoms with E-state index < -0.39 is 0 Å². The van der Waals surface area contributed by atoms with Crippen molar-refractivity contribution in [3.63, 3.8) is 0 Å². The molecule has 0 spiro atoms. The number of aromatic nitrogens is 4. The Morgan fingerprint density at radius 3 is 2.68 bits per heavy atom. The number of carbonyl (C=O) groups is 1. The predicted octanol–water partition coefficient (Wildman–Crippen LogP) is 2.97. The van der Waals surface area contributed by atoms with Crippen LogP contribution in [0, 0.1) is 0 Å². The van der Waals surface area contributed by atoms with Crippen LogP contribution in [0.3, 0.4) is 0 Å². The summed E-state index contributed by atoms with van der Waals surface area (Å²) in [6.45, 7) is 0. The van der Waals surface area contributed by atoms with E-state index in [0.29, 0.717) is 17.2 Å². The second-order valence-corrected chi connectivity index (χ2v) is 5.28. The molecule has 0 radical (unpaired) electrons. The molecule has 0 saturated heterocycles. The van der Waals surface area contributed by atoms with Crippen molar-refractivity contribution in [3.8, 4) is 17.2 Å². The van der Waals surface area contributed by atoms with E-state index in [1.165, 1.54) is 4.68 Å². The van der Waals surface area contributed by atoms with Crippen LogP contribution in [0.5, 0.6) is 0 Å². The van der Waals surface area contributed by atoms with Crippen molar-refractivity contribution < 1.29 is 4.79 Å². The van der Waals surface area contributed by atoms with Gasteiger partial charge in [-0.05, 0) is 22.0 Å². The van der Waals surface area contributed by atoms with Crippen LogP contribution in [0.25, 0.3) is 17.2 Å². The lowest BCUT2D eigenvalue weighted by Crippen LogP contribution is -2.00. The van der Waals surface area contributed by atoms with Gasteiger partial charge in [0, 0.05) is 39.4 Å². The fraction of sp³-hybridized carbons (Fsp3) is 0. The minimum absolute atomic E-state index is 0.434. The van der Waals surface area contributed by atoms with Gasteiger partial charge in [0.25, 0.3) is 0 Å². The van der Waals surface area contributed by atoms with E-state index >= 15 is 0 Å². The first-order valence-electron chi connectivity index (χ1n) is 5.34. The quantitative estimate of drug-likeness (QED) is 0.691. The van der Waals surface area contributed by atoms with Crippen molar-refractivity contribution in [2.75, 3.05) is 0 Å². The fourth-order valence-electron chi connectivity index (χ4n) is 1.65. The van der Waals surface area contributed by atoms with Crippen LogP contribution in [0.1, 0.15) is 10.4 Å². The lowest BCUT2D eigenvalue weighted by molar-refractivity contribution is 0.112. The number of rotatable bonds is 3. The summed E-state index contributed by atoms with van der Waals surface area (Å²) in [4.78, 5) is 19.4. The Balaban J connectivity index is 2.15. The van der Waals surface area contributed by atoms with Crippen molar-refractivity contribution >= 4 is 33.6 Å². The van der Waals surface area contributed by atoms with Crippen LogP contribution in [0.2, 0.25) is 0 Å². The van der Waals surface area contributed by atoms with Gasteiger partial charge in [-0.2, -0.15) is 16.4 Å². The maximum atomic E-state index is 11.2. The Bertz CT molecular complexity index is 722. The molecule has 0 amide bonds. The van der Waals surface area contributed by atoms with Gasteiger partial charge >= 0.3 is 0 Å². The van der Waals surface area contributed by atoms with Crippen molar-refractivity contribution in [1.29, 1.82) is 0 Å². The summed E-state index contributed by atoms with van der Waals surface area (Å²) in [6.07, 6.45) is 5.67. The zero-order chi connectivity index (χ0) is 13.2. The molecule has 0 fully saturated rings. The number of halogens is 1. The Kier molecular flexibility index (Phi) is 3.22. The van der Waals surface area contributed by atoms with Crippen molar-refractivity contribution in [2.45, 2.75) is 0 Å².